The monoisotopic (exact) mass is 474 g/mol. The Kier molecular flexibility index (Phi) is 7.56. The smallest absolute Gasteiger partial charge is 0.343 e. The van der Waals surface area contributed by atoms with Gasteiger partial charge in [0.05, 0.1) is 19.3 Å². The van der Waals surface area contributed by atoms with E-state index in [0.717, 1.165) is 24.0 Å². The van der Waals surface area contributed by atoms with Crippen molar-refractivity contribution in [1.29, 1.82) is 0 Å². The van der Waals surface area contributed by atoms with Crippen LogP contribution in [0.2, 0.25) is 0 Å². The second kappa shape index (κ2) is 10.4. The molecule has 1 aromatic heterocycles. The number of aliphatic hydroxyl groups is 1. The fourth-order valence-corrected chi connectivity index (χ4v) is 3.73. The Hall–Kier alpha value is -3.57. The van der Waals surface area contributed by atoms with Gasteiger partial charge in [0.1, 0.15) is 22.1 Å². The van der Waals surface area contributed by atoms with Crippen molar-refractivity contribution in [1.82, 2.24) is 9.97 Å². The molecule has 0 saturated heterocycles. The first-order valence-corrected chi connectivity index (χ1v) is 11.8. The van der Waals surface area contributed by atoms with Crippen LogP contribution in [0.5, 0.6) is 0 Å². The fourth-order valence-electron chi connectivity index (χ4n) is 3.00. The lowest BCUT2D eigenvalue weighted by Gasteiger charge is -2.19. The van der Waals surface area contributed by atoms with Crippen LogP contribution in [0.15, 0.2) is 59.6 Å². The number of sulfone groups is 1. The minimum absolute atomic E-state index is 0.0156. The van der Waals surface area contributed by atoms with Crippen LogP contribution in [0.4, 0.5) is 21.8 Å². The summed E-state index contributed by atoms with van der Waals surface area (Å²) in [5.74, 6) is -1.46. The van der Waals surface area contributed by atoms with Gasteiger partial charge in [-0.05, 0) is 30.7 Å². The van der Waals surface area contributed by atoms with E-state index in [0.29, 0.717) is 0 Å². The number of carbonyl (C=O) groups excluding carboxylic acids is 1. The van der Waals surface area contributed by atoms with Gasteiger partial charge in [-0.2, -0.15) is 4.98 Å². The summed E-state index contributed by atoms with van der Waals surface area (Å²) >= 11 is 0. The van der Waals surface area contributed by atoms with Gasteiger partial charge >= 0.3 is 5.97 Å². The van der Waals surface area contributed by atoms with Gasteiger partial charge in [0.25, 0.3) is 0 Å². The Morgan fingerprint density at radius 2 is 1.94 bits per heavy atom. The first kappa shape index (κ1) is 24.1. The number of benzene rings is 2. The highest BCUT2D eigenvalue weighted by Crippen LogP contribution is 2.25. The predicted octanol–water partition coefficient (Wildman–Crippen LogP) is 3.09. The minimum atomic E-state index is -3.71. The number of hydrogen-bond donors (Lipinski definition) is 3. The molecule has 11 heteroatoms. The van der Waals surface area contributed by atoms with Gasteiger partial charge in [0.2, 0.25) is 5.95 Å². The Morgan fingerprint density at radius 3 is 2.55 bits per heavy atom. The average Bonchev–Trinajstić information content (AvgIpc) is 2.77. The van der Waals surface area contributed by atoms with E-state index >= 15 is 0 Å². The zero-order chi connectivity index (χ0) is 24.0. The number of nitrogens with one attached hydrogen (secondary N) is 2. The summed E-state index contributed by atoms with van der Waals surface area (Å²) in [7, 11) is -3.71. The van der Waals surface area contributed by atoms with Gasteiger partial charge in [-0.15, -0.1) is 0 Å². The number of rotatable bonds is 9. The minimum Gasteiger partial charge on any atom is -0.462 e. The third-order valence-electron chi connectivity index (χ3n) is 4.57. The molecule has 3 N–H and O–H groups in total. The second-order valence-electron chi connectivity index (χ2n) is 7.01. The molecule has 0 unspecified atom stereocenters. The first-order chi connectivity index (χ1) is 15.7. The third-order valence-corrected chi connectivity index (χ3v) is 5.70. The van der Waals surface area contributed by atoms with E-state index in [1.165, 1.54) is 12.3 Å². The predicted molar refractivity (Wildman–Crippen MR) is 121 cm³/mol. The third kappa shape index (κ3) is 6.02. The highest BCUT2D eigenvalue weighted by molar-refractivity contribution is 7.90. The molecule has 0 radical (unpaired) electrons. The molecule has 3 rings (SSSR count). The van der Waals surface area contributed by atoms with E-state index in [1.54, 1.807) is 6.92 Å². The van der Waals surface area contributed by atoms with Crippen LogP contribution >= 0.6 is 0 Å². The number of aromatic nitrogens is 2. The summed E-state index contributed by atoms with van der Waals surface area (Å²) in [5.41, 5.74) is 1.02. The number of ether oxygens (including phenoxy) is 1. The van der Waals surface area contributed by atoms with Crippen molar-refractivity contribution >= 4 is 33.3 Å². The van der Waals surface area contributed by atoms with Crippen LogP contribution in [0.1, 0.15) is 28.9 Å². The van der Waals surface area contributed by atoms with E-state index in [9.17, 15) is 22.7 Å². The Balaban J connectivity index is 1.94. The lowest BCUT2D eigenvalue weighted by Crippen LogP contribution is -2.19. The molecule has 9 nitrogen and oxygen atoms in total. The molecule has 0 aliphatic heterocycles. The van der Waals surface area contributed by atoms with E-state index in [-0.39, 0.29) is 36.2 Å². The van der Waals surface area contributed by atoms with Crippen LogP contribution in [0.3, 0.4) is 0 Å². The summed E-state index contributed by atoms with van der Waals surface area (Å²) < 4.78 is 42.5. The summed E-state index contributed by atoms with van der Waals surface area (Å²) in [6.45, 7) is 1.53. The quantitative estimate of drug-likeness (QED) is 0.400. The average molecular weight is 475 g/mol. The molecule has 0 spiro atoms. The van der Waals surface area contributed by atoms with E-state index < -0.39 is 32.6 Å². The number of halogens is 1. The molecule has 2 aromatic carbocycles. The van der Waals surface area contributed by atoms with E-state index in [1.807, 2.05) is 30.3 Å². The van der Waals surface area contributed by atoms with Crippen molar-refractivity contribution in [3.05, 3.63) is 71.7 Å². The maximum atomic E-state index is 14.2. The Morgan fingerprint density at radius 1 is 1.21 bits per heavy atom. The largest absolute Gasteiger partial charge is 0.462 e. The molecule has 33 heavy (non-hydrogen) atoms. The molecule has 0 aliphatic carbocycles. The molecular formula is C22H23FN4O5S. The van der Waals surface area contributed by atoms with Crippen LogP contribution in [-0.2, 0) is 14.6 Å². The summed E-state index contributed by atoms with van der Waals surface area (Å²) in [4.78, 5) is 20.3. The highest BCUT2D eigenvalue weighted by atomic mass is 32.2. The van der Waals surface area contributed by atoms with Crippen LogP contribution in [0.25, 0.3) is 0 Å². The molecular weight excluding hydrogens is 451 g/mol. The summed E-state index contributed by atoms with van der Waals surface area (Å²) in [6.07, 6.45) is 2.16. The van der Waals surface area contributed by atoms with Gasteiger partial charge < -0.3 is 20.5 Å². The Labute approximate surface area is 190 Å². The first-order valence-electron chi connectivity index (χ1n) is 9.96. The van der Waals surface area contributed by atoms with Crippen LogP contribution in [0, 0.1) is 5.82 Å². The zero-order valence-corrected chi connectivity index (χ0v) is 18.8. The van der Waals surface area contributed by atoms with Crippen molar-refractivity contribution in [3.8, 4) is 0 Å². The fraction of sp³-hybridized carbons (Fsp3) is 0.227. The number of hydrogen-bond acceptors (Lipinski definition) is 9. The van der Waals surface area contributed by atoms with Crippen LogP contribution in [-0.4, -0.2) is 48.9 Å². The number of nitrogens with zero attached hydrogens (tertiary/aromatic N) is 2. The van der Waals surface area contributed by atoms with Crippen molar-refractivity contribution in [3.63, 3.8) is 0 Å². The number of carbonyl (C=O) groups is 1. The van der Waals surface area contributed by atoms with Crippen molar-refractivity contribution in [2.75, 3.05) is 30.1 Å². The molecule has 0 aliphatic rings. The van der Waals surface area contributed by atoms with Gasteiger partial charge in [0, 0.05) is 18.1 Å². The SMILES string of the molecule is CCOC(=O)c1cnc(Nc2ccc(S(C)(=O)=O)c(F)c2)nc1N[C@H](CO)c1ccccc1. The molecule has 0 fully saturated rings. The topological polar surface area (TPSA) is 131 Å². The summed E-state index contributed by atoms with van der Waals surface area (Å²) in [6, 6.07) is 12.0. The lowest BCUT2D eigenvalue weighted by molar-refractivity contribution is 0.0526. The standard InChI is InChI=1S/C22H23FN4O5S/c1-3-32-21(29)16-12-24-22(25-15-9-10-19(17(23)11-15)33(2,30)31)27-20(16)26-18(13-28)14-7-5-4-6-8-14/h4-12,18,28H,3,13H2,1-2H3,(H2,24,25,26,27)/t18-/m1/s1. The number of anilines is 3. The molecule has 1 atom stereocenters. The lowest BCUT2D eigenvalue weighted by atomic mass is 10.1. The molecule has 1 heterocycles. The molecule has 174 valence electrons. The van der Waals surface area contributed by atoms with Gasteiger partial charge in [-0.25, -0.2) is 22.6 Å². The zero-order valence-electron chi connectivity index (χ0n) is 17.9. The van der Waals surface area contributed by atoms with E-state index in [4.69, 9.17) is 4.74 Å². The normalized spacial score (nSPS) is 12.1. The van der Waals surface area contributed by atoms with Crippen molar-refractivity contribution in [2.45, 2.75) is 17.9 Å². The summed E-state index contributed by atoms with van der Waals surface area (Å²) in [5, 5.41) is 15.7. The number of esters is 1. The van der Waals surface area contributed by atoms with Gasteiger partial charge in [-0.3, -0.25) is 0 Å². The maximum absolute atomic E-state index is 14.2. The second-order valence-corrected chi connectivity index (χ2v) is 8.99. The van der Waals surface area contributed by atoms with E-state index in [2.05, 4.69) is 20.6 Å². The Bertz CT molecular complexity index is 1240. The van der Waals surface area contributed by atoms with Crippen molar-refractivity contribution < 1.29 is 27.4 Å². The molecule has 3 aromatic rings. The molecule has 0 amide bonds. The number of aliphatic hydroxyl groups excluding tert-OH is 1. The van der Waals surface area contributed by atoms with Gasteiger partial charge in [0.15, 0.2) is 9.84 Å². The highest BCUT2D eigenvalue weighted by Gasteiger charge is 2.20. The van der Waals surface area contributed by atoms with Crippen LogP contribution < -0.4 is 10.6 Å². The van der Waals surface area contributed by atoms with Gasteiger partial charge in [-0.1, -0.05) is 30.3 Å². The molecule has 0 saturated carbocycles. The maximum Gasteiger partial charge on any atom is 0.343 e. The molecule has 0 bridgehead atoms. The van der Waals surface area contributed by atoms with Crippen molar-refractivity contribution in [2.24, 2.45) is 0 Å².